The zero-order chi connectivity index (χ0) is 28.4. The molecule has 0 saturated heterocycles. The van der Waals surface area contributed by atoms with Gasteiger partial charge in [0, 0.05) is 35.6 Å². The molecule has 1 unspecified atom stereocenters. The summed E-state index contributed by atoms with van der Waals surface area (Å²) in [5.74, 6) is -2.81. The number of carbonyl (C=O) groups is 3. The molecule has 3 heterocycles. The number of methoxy groups -OCH3 is 1. The number of carboxylic acids is 1. The van der Waals surface area contributed by atoms with Crippen LogP contribution in [0.4, 0.5) is 23.9 Å². The van der Waals surface area contributed by atoms with Crippen LogP contribution < -0.4 is 5.32 Å². The highest BCUT2D eigenvalue weighted by Gasteiger charge is 2.49. The van der Waals surface area contributed by atoms with Gasteiger partial charge in [0.25, 0.3) is 5.91 Å². The number of hydrogen-bond acceptors (Lipinski definition) is 7. The van der Waals surface area contributed by atoms with Crippen molar-refractivity contribution in [3.05, 3.63) is 89.2 Å². The third-order valence-electron chi connectivity index (χ3n) is 5.79. The summed E-state index contributed by atoms with van der Waals surface area (Å²) in [7, 11) is 1.26. The maximum atomic E-state index is 13.3. The van der Waals surface area contributed by atoms with E-state index >= 15 is 0 Å². The first-order chi connectivity index (χ1) is 18.4. The SMILES string of the molecule is COC(=O)Nc1nc2ccc(C3(O)c4ccccc4C(=O)N3Cc3ccncc3)cc2[nH]1.O=C(O)C(F)(F)F. The van der Waals surface area contributed by atoms with Gasteiger partial charge in [-0.05, 0) is 35.9 Å². The number of halogens is 3. The van der Waals surface area contributed by atoms with Gasteiger partial charge in [-0.2, -0.15) is 13.2 Å². The normalized spacial score (nSPS) is 16.3. The first kappa shape index (κ1) is 27.1. The Morgan fingerprint density at radius 1 is 1.13 bits per heavy atom. The van der Waals surface area contributed by atoms with Crippen LogP contribution in [0.1, 0.15) is 27.0 Å². The van der Waals surface area contributed by atoms with Gasteiger partial charge in [0.15, 0.2) is 5.72 Å². The molecular weight excluding hydrogens is 523 g/mol. The summed E-state index contributed by atoms with van der Waals surface area (Å²) in [5, 5.41) is 21.6. The van der Waals surface area contributed by atoms with E-state index in [2.05, 4.69) is 25.0 Å². The van der Waals surface area contributed by atoms with E-state index in [-0.39, 0.29) is 18.4 Å². The van der Waals surface area contributed by atoms with Crippen LogP contribution in [0.2, 0.25) is 0 Å². The number of alkyl halides is 3. The van der Waals surface area contributed by atoms with E-state index < -0.39 is 24.0 Å². The lowest BCUT2D eigenvalue weighted by Gasteiger charge is -2.35. The number of pyridine rings is 1. The highest BCUT2D eigenvalue weighted by molar-refractivity contribution is 6.00. The number of aliphatic hydroxyl groups is 1. The third-order valence-corrected chi connectivity index (χ3v) is 5.79. The first-order valence-electron chi connectivity index (χ1n) is 11.1. The average Bonchev–Trinajstić information content (AvgIpc) is 3.41. The molecule has 1 atom stereocenters. The molecule has 39 heavy (non-hydrogen) atoms. The summed E-state index contributed by atoms with van der Waals surface area (Å²) in [5.41, 5.74) is 1.77. The van der Waals surface area contributed by atoms with Gasteiger partial charge in [-0.1, -0.05) is 24.3 Å². The number of aromatic amines is 1. The molecule has 0 radical (unpaired) electrons. The van der Waals surface area contributed by atoms with E-state index in [1.807, 2.05) is 0 Å². The molecule has 5 rings (SSSR count). The van der Waals surface area contributed by atoms with E-state index in [1.165, 1.54) is 12.0 Å². The molecule has 14 heteroatoms. The minimum absolute atomic E-state index is 0.197. The fourth-order valence-corrected chi connectivity index (χ4v) is 4.01. The van der Waals surface area contributed by atoms with E-state index in [1.54, 1.807) is 67.0 Å². The van der Waals surface area contributed by atoms with Gasteiger partial charge in [0.2, 0.25) is 5.95 Å². The highest BCUT2D eigenvalue weighted by atomic mass is 19.4. The molecule has 0 saturated carbocycles. The van der Waals surface area contributed by atoms with Crippen molar-refractivity contribution < 1.29 is 42.5 Å². The summed E-state index contributed by atoms with van der Waals surface area (Å²) in [6, 6.07) is 15.8. The molecule has 11 nitrogen and oxygen atoms in total. The Morgan fingerprint density at radius 3 is 2.44 bits per heavy atom. The number of anilines is 1. The number of carboxylic acid groups (broad SMARTS) is 1. The fraction of sp³-hybridized carbons (Fsp3) is 0.160. The maximum Gasteiger partial charge on any atom is 0.490 e. The molecule has 2 amide bonds. The summed E-state index contributed by atoms with van der Waals surface area (Å²) < 4.78 is 36.3. The lowest BCUT2D eigenvalue weighted by Crippen LogP contribution is -2.44. The molecule has 202 valence electrons. The van der Waals surface area contributed by atoms with Crippen LogP contribution in [-0.2, 0) is 21.8 Å². The van der Waals surface area contributed by atoms with Crippen LogP contribution in [0.25, 0.3) is 11.0 Å². The van der Waals surface area contributed by atoms with Gasteiger partial charge in [0.1, 0.15) is 0 Å². The van der Waals surface area contributed by atoms with Gasteiger partial charge in [-0.15, -0.1) is 0 Å². The Labute approximate surface area is 217 Å². The average molecular weight is 543 g/mol. The number of benzene rings is 2. The van der Waals surface area contributed by atoms with Crippen LogP contribution in [0.5, 0.6) is 0 Å². The number of nitrogens with zero attached hydrogens (tertiary/aromatic N) is 3. The van der Waals surface area contributed by atoms with Crippen molar-refractivity contribution in [2.24, 2.45) is 0 Å². The van der Waals surface area contributed by atoms with E-state index in [9.17, 15) is 27.9 Å². The molecule has 0 spiro atoms. The van der Waals surface area contributed by atoms with Crippen LogP contribution in [-0.4, -0.2) is 61.3 Å². The summed E-state index contributed by atoms with van der Waals surface area (Å²) in [6.07, 6.45) is -2.44. The standard InChI is InChI=1S/C23H19N5O4.C2HF3O2/c1-32-22(30)27-21-25-18-7-6-15(12-19(18)26-21)23(31)17-5-3-2-4-16(17)20(29)28(23)13-14-8-10-24-11-9-14;3-2(4,5)1(6)7/h2-12,31H,13H2,1H3,(H2,25,26,27,30);(H,6,7). The predicted molar refractivity (Wildman–Crippen MR) is 129 cm³/mol. The van der Waals surface area contributed by atoms with Crippen molar-refractivity contribution >= 4 is 35.0 Å². The number of nitrogens with one attached hydrogen (secondary N) is 2. The Morgan fingerprint density at radius 2 is 1.79 bits per heavy atom. The second-order valence-electron chi connectivity index (χ2n) is 8.20. The smallest absolute Gasteiger partial charge is 0.475 e. The number of amides is 2. The quantitative estimate of drug-likeness (QED) is 0.304. The molecule has 2 aromatic heterocycles. The number of hydrogen-bond donors (Lipinski definition) is 4. The van der Waals surface area contributed by atoms with E-state index in [4.69, 9.17) is 9.90 Å². The van der Waals surface area contributed by atoms with Crippen LogP contribution in [0.15, 0.2) is 67.0 Å². The third kappa shape index (κ3) is 5.36. The monoisotopic (exact) mass is 543 g/mol. The van der Waals surface area contributed by atoms with Crippen molar-refractivity contribution in [1.29, 1.82) is 0 Å². The Balaban J connectivity index is 0.000000448. The molecule has 0 fully saturated rings. The van der Waals surface area contributed by atoms with Crippen molar-refractivity contribution in [1.82, 2.24) is 19.9 Å². The topological polar surface area (TPSA) is 158 Å². The highest BCUT2D eigenvalue weighted by Crippen LogP contribution is 2.43. The van der Waals surface area contributed by atoms with Gasteiger partial charge in [-0.25, -0.2) is 14.6 Å². The number of rotatable bonds is 4. The zero-order valence-electron chi connectivity index (χ0n) is 20.1. The lowest BCUT2D eigenvalue weighted by atomic mass is 9.93. The summed E-state index contributed by atoms with van der Waals surface area (Å²) in [6.45, 7) is 0.197. The lowest BCUT2D eigenvalue weighted by molar-refractivity contribution is -0.192. The first-order valence-corrected chi connectivity index (χ1v) is 11.1. The number of imidazole rings is 1. The Bertz CT molecular complexity index is 1540. The minimum Gasteiger partial charge on any atom is -0.475 e. The fourth-order valence-electron chi connectivity index (χ4n) is 4.01. The van der Waals surface area contributed by atoms with Crippen LogP contribution in [0, 0.1) is 0 Å². The molecule has 1 aliphatic heterocycles. The molecule has 2 aromatic carbocycles. The molecule has 0 bridgehead atoms. The van der Waals surface area contributed by atoms with Crippen LogP contribution in [0.3, 0.4) is 0 Å². The van der Waals surface area contributed by atoms with Crippen LogP contribution >= 0.6 is 0 Å². The van der Waals surface area contributed by atoms with E-state index in [0.29, 0.717) is 27.7 Å². The minimum atomic E-state index is -5.08. The second-order valence-corrected chi connectivity index (χ2v) is 8.20. The van der Waals surface area contributed by atoms with Gasteiger partial charge in [0.05, 0.1) is 18.1 Å². The number of H-pyrrole nitrogens is 1. The summed E-state index contributed by atoms with van der Waals surface area (Å²) >= 11 is 0. The van der Waals surface area contributed by atoms with Crippen molar-refractivity contribution in [3.8, 4) is 0 Å². The Kier molecular flexibility index (Phi) is 7.23. The molecular formula is C25H20F3N5O6. The summed E-state index contributed by atoms with van der Waals surface area (Å²) in [4.78, 5) is 46.4. The Hall–Kier alpha value is -4.98. The largest absolute Gasteiger partial charge is 0.490 e. The van der Waals surface area contributed by atoms with E-state index in [0.717, 1.165) is 5.56 Å². The van der Waals surface area contributed by atoms with Crippen molar-refractivity contribution in [3.63, 3.8) is 0 Å². The number of ether oxygens (including phenoxy) is 1. The molecule has 4 aromatic rings. The zero-order valence-corrected chi connectivity index (χ0v) is 20.1. The maximum absolute atomic E-state index is 13.3. The van der Waals surface area contributed by atoms with Crippen molar-refractivity contribution in [2.45, 2.75) is 18.4 Å². The number of aliphatic carboxylic acids is 1. The predicted octanol–water partition coefficient (Wildman–Crippen LogP) is 3.62. The number of aromatic nitrogens is 3. The molecule has 4 N–H and O–H groups in total. The number of fused-ring (bicyclic) bond motifs is 2. The molecule has 0 aliphatic carbocycles. The number of carbonyl (C=O) groups excluding carboxylic acids is 2. The van der Waals surface area contributed by atoms with Crippen molar-refractivity contribution in [2.75, 3.05) is 12.4 Å². The second kappa shape index (κ2) is 10.4. The van der Waals surface area contributed by atoms with Gasteiger partial charge in [-0.3, -0.25) is 20.0 Å². The van der Waals surface area contributed by atoms with Gasteiger partial charge >= 0.3 is 18.2 Å². The van der Waals surface area contributed by atoms with Gasteiger partial charge < -0.3 is 19.9 Å². The molecule has 1 aliphatic rings.